The third-order valence-corrected chi connectivity index (χ3v) is 7.82. The molecule has 1 atom stereocenters. The standard InChI is InChI=1S/C30H25F3N6O3S/c1-18-3-12-25-19(2)14-23-16-43-28(39(23)26(25)13-18)36-29(40)42-35-15-20-4-6-21(7-5-20)27-34-17-38(37-27)22-8-10-24(11-9-22)41-30(31,32)33/h3-14,17,19,35H,15-16H2,1-2H3. The second kappa shape index (κ2) is 11.6. The van der Waals surface area contributed by atoms with Crippen LogP contribution in [0.5, 0.6) is 5.75 Å². The number of ether oxygens (including phenoxy) is 1. The first-order chi connectivity index (χ1) is 20.6. The number of allylic oxidation sites excluding steroid dienone is 1. The van der Waals surface area contributed by atoms with E-state index in [-0.39, 0.29) is 18.2 Å². The Morgan fingerprint density at radius 1 is 1.12 bits per heavy atom. The number of hydrogen-bond acceptors (Lipinski definition) is 7. The van der Waals surface area contributed by atoms with Crippen LogP contribution in [-0.2, 0) is 11.4 Å². The van der Waals surface area contributed by atoms with Crippen molar-refractivity contribution < 1.29 is 27.5 Å². The molecule has 9 nitrogen and oxygen atoms in total. The number of fused-ring (bicyclic) bond motifs is 3. The number of amidine groups is 1. The second-order valence-electron chi connectivity index (χ2n) is 9.97. The molecule has 1 aromatic heterocycles. The summed E-state index contributed by atoms with van der Waals surface area (Å²) in [6, 6.07) is 19.0. The van der Waals surface area contributed by atoms with Crippen molar-refractivity contribution in [2.45, 2.75) is 32.7 Å². The summed E-state index contributed by atoms with van der Waals surface area (Å²) in [4.78, 5) is 28.3. The first-order valence-corrected chi connectivity index (χ1v) is 14.3. The number of benzene rings is 3. The van der Waals surface area contributed by atoms with Crippen LogP contribution in [0.3, 0.4) is 0 Å². The molecule has 220 valence electrons. The summed E-state index contributed by atoms with van der Waals surface area (Å²) < 4.78 is 42.5. The zero-order valence-corrected chi connectivity index (χ0v) is 23.8. The minimum Gasteiger partial charge on any atom is -0.406 e. The Hall–Kier alpha value is -4.62. The van der Waals surface area contributed by atoms with Crippen LogP contribution in [0.25, 0.3) is 17.1 Å². The van der Waals surface area contributed by atoms with Crippen LogP contribution in [0.2, 0.25) is 0 Å². The number of aromatic nitrogens is 3. The number of anilines is 1. The smallest absolute Gasteiger partial charge is 0.406 e. The summed E-state index contributed by atoms with van der Waals surface area (Å²) in [5.74, 6) is 1.14. The highest BCUT2D eigenvalue weighted by Crippen LogP contribution is 2.43. The van der Waals surface area contributed by atoms with Crippen molar-refractivity contribution in [3.8, 4) is 22.8 Å². The molecule has 4 aromatic rings. The Kier molecular flexibility index (Phi) is 7.67. The fourth-order valence-electron chi connectivity index (χ4n) is 4.84. The number of nitrogens with one attached hydrogen (secondary N) is 1. The average molecular weight is 607 g/mol. The zero-order chi connectivity index (χ0) is 30.1. The molecule has 2 aliphatic heterocycles. The van der Waals surface area contributed by atoms with E-state index in [1.165, 1.54) is 52.6 Å². The van der Waals surface area contributed by atoms with E-state index in [1.54, 1.807) is 0 Å². The largest absolute Gasteiger partial charge is 0.573 e. The van der Waals surface area contributed by atoms with Gasteiger partial charge in [-0.25, -0.2) is 14.5 Å². The van der Waals surface area contributed by atoms with E-state index >= 15 is 0 Å². The van der Waals surface area contributed by atoms with Gasteiger partial charge in [-0.1, -0.05) is 61.2 Å². The van der Waals surface area contributed by atoms with Crippen molar-refractivity contribution in [2.75, 3.05) is 10.7 Å². The summed E-state index contributed by atoms with van der Waals surface area (Å²) in [5.41, 5.74) is 9.26. The Labute approximate surface area is 249 Å². The van der Waals surface area contributed by atoms with Gasteiger partial charge in [-0.05, 0) is 53.9 Å². The quantitative estimate of drug-likeness (QED) is 0.237. The van der Waals surface area contributed by atoms with E-state index in [0.29, 0.717) is 16.7 Å². The number of carbonyl (C=O) groups excluding carboxylic acids is 1. The van der Waals surface area contributed by atoms with Crippen LogP contribution in [-0.4, -0.2) is 38.1 Å². The van der Waals surface area contributed by atoms with E-state index in [9.17, 15) is 18.0 Å². The molecule has 2 aliphatic rings. The van der Waals surface area contributed by atoms with Crippen LogP contribution < -0.4 is 15.1 Å². The summed E-state index contributed by atoms with van der Waals surface area (Å²) in [5, 5.41) is 4.99. The molecule has 0 saturated carbocycles. The molecule has 1 amide bonds. The SMILES string of the molecule is Cc1ccc2c(c1)N1C(=CC2C)CSC1=NC(=O)ONCc1ccc(-c2ncn(-c3ccc(OC(F)(F)F)cc3)n2)cc1. The highest BCUT2D eigenvalue weighted by Gasteiger charge is 2.33. The number of nitrogens with zero attached hydrogens (tertiary/aromatic N) is 5. The number of hydroxylamine groups is 1. The number of aliphatic imine (C=N–C) groups is 1. The van der Waals surface area contributed by atoms with Gasteiger partial charge in [0, 0.05) is 22.9 Å². The molecule has 1 saturated heterocycles. The second-order valence-corrected chi connectivity index (χ2v) is 10.9. The molecule has 13 heteroatoms. The van der Waals surface area contributed by atoms with Gasteiger partial charge in [0.1, 0.15) is 12.1 Å². The van der Waals surface area contributed by atoms with Gasteiger partial charge in [-0.2, -0.15) is 0 Å². The third kappa shape index (κ3) is 6.42. The van der Waals surface area contributed by atoms with Gasteiger partial charge >= 0.3 is 12.5 Å². The third-order valence-electron chi connectivity index (χ3n) is 6.85. The molecule has 43 heavy (non-hydrogen) atoms. The molecule has 1 fully saturated rings. The Balaban J connectivity index is 1.04. The predicted octanol–water partition coefficient (Wildman–Crippen LogP) is 6.89. The van der Waals surface area contributed by atoms with Crippen LogP contribution in [0.15, 0.2) is 89.8 Å². The predicted molar refractivity (Wildman–Crippen MR) is 157 cm³/mol. The first kappa shape index (κ1) is 28.5. The van der Waals surface area contributed by atoms with Crippen LogP contribution in [0, 0.1) is 6.92 Å². The zero-order valence-electron chi connectivity index (χ0n) is 23.0. The summed E-state index contributed by atoms with van der Waals surface area (Å²) in [6.45, 7) is 4.46. The van der Waals surface area contributed by atoms with E-state index in [4.69, 9.17) is 4.84 Å². The maximum atomic E-state index is 12.5. The minimum absolute atomic E-state index is 0.257. The van der Waals surface area contributed by atoms with E-state index in [2.05, 4.69) is 56.5 Å². The maximum absolute atomic E-state index is 12.5. The summed E-state index contributed by atoms with van der Waals surface area (Å²) >= 11 is 1.50. The lowest BCUT2D eigenvalue weighted by atomic mass is 9.93. The number of carbonyl (C=O) groups is 1. The average Bonchev–Trinajstić information content (AvgIpc) is 3.61. The lowest BCUT2D eigenvalue weighted by molar-refractivity contribution is -0.274. The van der Waals surface area contributed by atoms with E-state index in [1.807, 2.05) is 36.1 Å². The Morgan fingerprint density at radius 2 is 1.88 bits per heavy atom. The maximum Gasteiger partial charge on any atom is 0.573 e. The van der Waals surface area contributed by atoms with Gasteiger partial charge in [0.2, 0.25) is 0 Å². The highest BCUT2D eigenvalue weighted by atomic mass is 32.2. The summed E-state index contributed by atoms with van der Waals surface area (Å²) in [7, 11) is 0. The first-order valence-electron chi connectivity index (χ1n) is 13.3. The Morgan fingerprint density at radius 3 is 2.63 bits per heavy atom. The monoisotopic (exact) mass is 606 g/mol. The number of thioether (sulfide) groups is 1. The molecule has 3 aromatic carbocycles. The van der Waals surface area contributed by atoms with Crippen molar-refractivity contribution >= 4 is 28.7 Å². The number of amides is 1. The molecule has 0 bridgehead atoms. The lowest BCUT2D eigenvalue weighted by Crippen LogP contribution is -2.28. The Bertz CT molecular complexity index is 1720. The number of rotatable bonds is 6. The molecule has 1 N–H and O–H groups in total. The van der Waals surface area contributed by atoms with Crippen LogP contribution in [0.1, 0.15) is 29.5 Å². The van der Waals surface area contributed by atoms with Crippen LogP contribution in [0.4, 0.5) is 23.7 Å². The molecule has 0 aliphatic carbocycles. The lowest BCUT2D eigenvalue weighted by Gasteiger charge is -2.30. The molecule has 0 spiro atoms. The number of hydrogen-bond donors (Lipinski definition) is 1. The number of alkyl halides is 3. The van der Waals surface area contributed by atoms with Crippen molar-refractivity contribution in [3.63, 3.8) is 0 Å². The normalized spacial score (nSPS) is 17.0. The van der Waals surface area contributed by atoms with Crippen molar-refractivity contribution in [3.05, 3.63) is 102 Å². The van der Waals surface area contributed by atoms with Gasteiger partial charge in [0.15, 0.2) is 11.0 Å². The topological polar surface area (TPSA) is 93.9 Å². The van der Waals surface area contributed by atoms with Gasteiger partial charge in [0.25, 0.3) is 0 Å². The van der Waals surface area contributed by atoms with Gasteiger partial charge in [0.05, 0.1) is 17.9 Å². The molecule has 1 unspecified atom stereocenters. The molecular formula is C30H25F3N6O3S. The molecular weight excluding hydrogens is 581 g/mol. The van der Waals surface area contributed by atoms with E-state index < -0.39 is 12.5 Å². The fourth-order valence-corrected chi connectivity index (χ4v) is 5.82. The van der Waals surface area contributed by atoms with Gasteiger partial charge in [-0.3, -0.25) is 4.90 Å². The molecule has 6 rings (SSSR count). The minimum atomic E-state index is -4.75. The molecule has 3 heterocycles. The number of halogens is 3. The van der Waals surface area contributed by atoms with Crippen molar-refractivity contribution in [1.29, 1.82) is 0 Å². The van der Waals surface area contributed by atoms with Gasteiger partial charge in [-0.15, -0.1) is 28.7 Å². The van der Waals surface area contributed by atoms with Crippen molar-refractivity contribution in [2.24, 2.45) is 4.99 Å². The van der Waals surface area contributed by atoms with E-state index in [0.717, 1.165) is 33.8 Å². The summed E-state index contributed by atoms with van der Waals surface area (Å²) in [6.07, 6.45) is -1.82. The van der Waals surface area contributed by atoms with Crippen LogP contribution >= 0.6 is 11.8 Å². The van der Waals surface area contributed by atoms with Crippen molar-refractivity contribution in [1.82, 2.24) is 20.2 Å². The number of aryl methyl sites for hydroxylation is 1. The highest BCUT2D eigenvalue weighted by molar-refractivity contribution is 8.14. The fraction of sp³-hybridized carbons (Fsp3) is 0.200. The molecule has 0 radical (unpaired) electrons. The van der Waals surface area contributed by atoms with Gasteiger partial charge < -0.3 is 9.57 Å².